The van der Waals surface area contributed by atoms with Gasteiger partial charge in [-0.1, -0.05) is 28.1 Å². The van der Waals surface area contributed by atoms with Gasteiger partial charge in [-0.15, -0.1) is 0 Å². The van der Waals surface area contributed by atoms with E-state index >= 15 is 0 Å². The molecule has 0 atom stereocenters. The number of halogens is 1. The Balaban J connectivity index is 2.39. The molecule has 0 heterocycles. The van der Waals surface area contributed by atoms with Gasteiger partial charge in [-0.25, -0.2) is 0 Å². The second-order valence-electron chi connectivity index (χ2n) is 4.08. The smallest absolute Gasteiger partial charge is 0.261 e. The van der Waals surface area contributed by atoms with Crippen LogP contribution in [-0.2, 0) is 0 Å². The molecule has 2 aromatic carbocycles. The van der Waals surface area contributed by atoms with E-state index in [1.165, 1.54) is 11.0 Å². The van der Waals surface area contributed by atoms with Gasteiger partial charge < -0.3 is 15.7 Å². The van der Waals surface area contributed by atoms with Crippen LogP contribution >= 0.6 is 15.9 Å². The molecule has 3 N–H and O–H groups in total. The Kier molecular flexibility index (Phi) is 3.76. The van der Waals surface area contributed by atoms with Crippen molar-refractivity contribution in [1.29, 1.82) is 0 Å². The van der Waals surface area contributed by atoms with Crippen LogP contribution in [0, 0.1) is 0 Å². The number of hydrogen-bond donors (Lipinski definition) is 2. The summed E-state index contributed by atoms with van der Waals surface area (Å²) in [5.41, 5.74) is 7.17. The number of benzene rings is 2. The van der Waals surface area contributed by atoms with Crippen LogP contribution in [0.2, 0.25) is 0 Å². The maximum Gasteiger partial charge on any atom is 0.261 e. The number of nitrogens with zero attached hydrogens (tertiary/aromatic N) is 1. The maximum absolute atomic E-state index is 12.4. The molecule has 1 amide bonds. The fourth-order valence-electron chi connectivity index (χ4n) is 1.76. The van der Waals surface area contributed by atoms with Gasteiger partial charge >= 0.3 is 0 Å². The van der Waals surface area contributed by atoms with Crippen molar-refractivity contribution in [3.05, 3.63) is 52.5 Å². The average Bonchev–Trinajstić information content (AvgIpc) is 2.40. The van der Waals surface area contributed by atoms with Crippen LogP contribution in [0.4, 0.5) is 11.4 Å². The number of para-hydroxylation sites is 2. The minimum absolute atomic E-state index is 0.0606. The lowest BCUT2D eigenvalue weighted by atomic mass is 10.1. The Bertz CT molecular complexity index is 629. The molecule has 2 aromatic rings. The van der Waals surface area contributed by atoms with Crippen molar-refractivity contribution in [3.63, 3.8) is 0 Å². The van der Waals surface area contributed by atoms with Crippen molar-refractivity contribution in [2.75, 3.05) is 17.7 Å². The minimum atomic E-state index is -0.322. The molecule has 0 aliphatic rings. The van der Waals surface area contributed by atoms with Gasteiger partial charge in [-0.05, 0) is 30.3 Å². The first-order valence-corrected chi connectivity index (χ1v) is 6.41. The molecule has 0 aliphatic heterocycles. The van der Waals surface area contributed by atoms with Gasteiger partial charge in [0.1, 0.15) is 5.75 Å². The van der Waals surface area contributed by atoms with Crippen LogP contribution < -0.4 is 10.6 Å². The molecular formula is C14H13BrN2O2. The fourth-order valence-corrected chi connectivity index (χ4v) is 2.12. The van der Waals surface area contributed by atoms with Gasteiger partial charge in [-0.2, -0.15) is 0 Å². The zero-order valence-electron chi connectivity index (χ0n) is 10.3. The highest BCUT2D eigenvalue weighted by Crippen LogP contribution is 2.27. The van der Waals surface area contributed by atoms with Crippen molar-refractivity contribution >= 4 is 33.2 Å². The van der Waals surface area contributed by atoms with E-state index in [2.05, 4.69) is 15.9 Å². The number of hydrogen-bond acceptors (Lipinski definition) is 3. The molecule has 19 heavy (non-hydrogen) atoms. The Morgan fingerprint density at radius 3 is 2.63 bits per heavy atom. The van der Waals surface area contributed by atoms with Crippen molar-refractivity contribution < 1.29 is 9.90 Å². The summed E-state index contributed by atoms with van der Waals surface area (Å²) in [4.78, 5) is 13.8. The lowest BCUT2D eigenvalue weighted by molar-refractivity contribution is 0.0990. The van der Waals surface area contributed by atoms with E-state index in [9.17, 15) is 9.90 Å². The minimum Gasteiger partial charge on any atom is -0.507 e. The monoisotopic (exact) mass is 320 g/mol. The molecule has 0 bridgehead atoms. The van der Waals surface area contributed by atoms with Crippen LogP contribution in [0.3, 0.4) is 0 Å². The number of carbonyl (C=O) groups is 1. The van der Waals surface area contributed by atoms with Crippen LogP contribution in [0.1, 0.15) is 10.4 Å². The van der Waals surface area contributed by atoms with Gasteiger partial charge in [0.15, 0.2) is 0 Å². The Labute approximate surface area is 119 Å². The molecular weight excluding hydrogens is 308 g/mol. The van der Waals surface area contributed by atoms with Crippen LogP contribution in [0.5, 0.6) is 5.75 Å². The second-order valence-corrected chi connectivity index (χ2v) is 5.00. The third-order valence-corrected chi connectivity index (χ3v) is 3.29. The van der Waals surface area contributed by atoms with Crippen molar-refractivity contribution in [3.8, 4) is 5.75 Å². The van der Waals surface area contributed by atoms with Crippen LogP contribution in [0.25, 0.3) is 0 Å². The molecule has 4 nitrogen and oxygen atoms in total. The zero-order chi connectivity index (χ0) is 14.0. The molecule has 0 saturated heterocycles. The average molecular weight is 321 g/mol. The van der Waals surface area contributed by atoms with E-state index in [4.69, 9.17) is 5.73 Å². The first-order valence-electron chi connectivity index (χ1n) is 5.62. The van der Waals surface area contributed by atoms with Gasteiger partial charge in [0.05, 0.1) is 16.9 Å². The summed E-state index contributed by atoms with van der Waals surface area (Å²) in [7, 11) is 1.62. The number of anilines is 2. The number of nitrogens with two attached hydrogens (primary N) is 1. The molecule has 0 radical (unpaired) electrons. The lowest BCUT2D eigenvalue weighted by Crippen LogP contribution is -2.27. The molecule has 5 heteroatoms. The van der Waals surface area contributed by atoms with E-state index in [0.29, 0.717) is 11.4 Å². The molecule has 0 spiro atoms. The number of carbonyl (C=O) groups excluding carboxylic acids is 1. The summed E-state index contributed by atoms with van der Waals surface area (Å²) >= 11 is 3.28. The zero-order valence-corrected chi connectivity index (χ0v) is 11.9. The lowest BCUT2D eigenvalue weighted by Gasteiger charge is -2.19. The Morgan fingerprint density at radius 2 is 1.95 bits per heavy atom. The number of nitrogen functional groups attached to an aromatic ring is 1. The number of amides is 1. The number of phenolic OH excluding ortho intramolecular Hbond substituents is 1. The molecule has 0 saturated carbocycles. The fraction of sp³-hybridized carbons (Fsp3) is 0.0714. The quantitative estimate of drug-likeness (QED) is 0.836. The van der Waals surface area contributed by atoms with Gasteiger partial charge in [0, 0.05) is 11.5 Å². The third-order valence-electron chi connectivity index (χ3n) is 2.79. The normalized spacial score (nSPS) is 10.2. The molecule has 0 aliphatic carbocycles. The highest BCUT2D eigenvalue weighted by atomic mass is 79.9. The van der Waals surface area contributed by atoms with E-state index in [0.717, 1.165) is 4.47 Å². The summed E-state index contributed by atoms with van der Waals surface area (Å²) < 4.78 is 0.725. The second kappa shape index (κ2) is 5.32. The molecule has 2 rings (SSSR count). The van der Waals surface area contributed by atoms with Crippen molar-refractivity contribution in [2.24, 2.45) is 0 Å². The highest BCUT2D eigenvalue weighted by Gasteiger charge is 2.18. The first-order chi connectivity index (χ1) is 9.00. The van der Waals surface area contributed by atoms with Gasteiger partial charge in [-0.3, -0.25) is 4.79 Å². The Hall–Kier alpha value is -2.01. The molecule has 98 valence electrons. The predicted molar refractivity (Wildman–Crippen MR) is 79.4 cm³/mol. The van der Waals surface area contributed by atoms with E-state index in [1.807, 2.05) is 0 Å². The number of aromatic hydroxyl groups is 1. The summed E-state index contributed by atoms with van der Waals surface area (Å²) in [6.07, 6.45) is 0. The number of rotatable bonds is 2. The SMILES string of the molecule is CN(C(=O)c1cc(Br)ccc1O)c1ccccc1N. The summed E-state index contributed by atoms with van der Waals surface area (Å²) in [5, 5.41) is 9.77. The molecule has 0 fully saturated rings. The predicted octanol–water partition coefficient (Wildman–Crippen LogP) is 3.01. The van der Waals surface area contributed by atoms with E-state index in [1.54, 1.807) is 43.4 Å². The standard InChI is InChI=1S/C14H13BrN2O2/c1-17(12-5-3-2-4-11(12)16)14(19)10-8-9(15)6-7-13(10)18/h2-8,18H,16H2,1H3. The summed E-state index contributed by atoms with van der Waals surface area (Å²) in [5.74, 6) is -0.383. The Morgan fingerprint density at radius 1 is 1.26 bits per heavy atom. The van der Waals surface area contributed by atoms with Crippen LogP contribution in [0.15, 0.2) is 46.9 Å². The van der Waals surface area contributed by atoms with Crippen molar-refractivity contribution in [1.82, 2.24) is 0 Å². The molecule has 0 unspecified atom stereocenters. The van der Waals surface area contributed by atoms with Gasteiger partial charge in [0.2, 0.25) is 0 Å². The topological polar surface area (TPSA) is 66.6 Å². The maximum atomic E-state index is 12.4. The summed E-state index contributed by atoms with van der Waals surface area (Å²) in [6, 6.07) is 11.8. The van der Waals surface area contributed by atoms with E-state index < -0.39 is 0 Å². The molecule has 0 aromatic heterocycles. The van der Waals surface area contributed by atoms with Crippen LogP contribution in [-0.4, -0.2) is 18.1 Å². The largest absolute Gasteiger partial charge is 0.507 e. The first kappa shape index (κ1) is 13.4. The highest BCUT2D eigenvalue weighted by molar-refractivity contribution is 9.10. The van der Waals surface area contributed by atoms with Crippen molar-refractivity contribution in [2.45, 2.75) is 0 Å². The van der Waals surface area contributed by atoms with Gasteiger partial charge in [0.25, 0.3) is 5.91 Å². The van der Waals surface area contributed by atoms with E-state index in [-0.39, 0.29) is 17.2 Å². The summed E-state index contributed by atoms with van der Waals surface area (Å²) in [6.45, 7) is 0. The number of phenols is 1. The third kappa shape index (κ3) is 2.71.